The van der Waals surface area contributed by atoms with Crippen molar-refractivity contribution in [2.24, 2.45) is 5.92 Å². The fourth-order valence-corrected chi connectivity index (χ4v) is 4.05. The van der Waals surface area contributed by atoms with Gasteiger partial charge < -0.3 is 4.90 Å². The summed E-state index contributed by atoms with van der Waals surface area (Å²) in [4.78, 5) is 7.99. The van der Waals surface area contributed by atoms with E-state index >= 15 is 0 Å². The molecule has 2 aliphatic heterocycles. The summed E-state index contributed by atoms with van der Waals surface area (Å²) in [7, 11) is 0. The zero-order valence-corrected chi connectivity index (χ0v) is 14.4. The highest BCUT2D eigenvalue weighted by molar-refractivity contribution is 4.90. The van der Waals surface area contributed by atoms with Crippen LogP contribution in [0.25, 0.3) is 0 Å². The van der Waals surface area contributed by atoms with Gasteiger partial charge >= 0.3 is 0 Å². The summed E-state index contributed by atoms with van der Waals surface area (Å²) in [5, 5.41) is 0. The van der Waals surface area contributed by atoms with E-state index in [1.165, 1.54) is 58.7 Å². The second-order valence-electron chi connectivity index (χ2n) is 7.70. The molecule has 20 heavy (non-hydrogen) atoms. The molecule has 0 radical (unpaired) electrons. The Morgan fingerprint density at radius 3 is 2.20 bits per heavy atom. The Balaban J connectivity index is 1.78. The van der Waals surface area contributed by atoms with Crippen molar-refractivity contribution in [2.45, 2.75) is 59.0 Å². The molecule has 3 heteroatoms. The van der Waals surface area contributed by atoms with Gasteiger partial charge in [-0.3, -0.25) is 9.80 Å². The van der Waals surface area contributed by atoms with Gasteiger partial charge in [0.25, 0.3) is 0 Å². The number of piperidine rings is 1. The lowest BCUT2D eigenvalue weighted by Gasteiger charge is -2.48. The molecule has 0 atom stereocenters. The number of hydrogen-bond acceptors (Lipinski definition) is 3. The number of likely N-dealkylation sites (tertiary alicyclic amines) is 1. The Hall–Kier alpha value is -0.120. The van der Waals surface area contributed by atoms with Gasteiger partial charge in [-0.1, -0.05) is 6.92 Å². The van der Waals surface area contributed by atoms with Gasteiger partial charge in [0, 0.05) is 37.8 Å². The van der Waals surface area contributed by atoms with E-state index in [1.54, 1.807) is 0 Å². The summed E-state index contributed by atoms with van der Waals surface area (Å²) in [6, 6.07) is 0.725. The Morgan fingerprint density at radius 2 is 1.70 bits per heavy atom. The highest BCUT2D eigenvalue weighted by Gasteiger charge is 2.33. The Kier molecular flexibility index (Phi) is 5.49. The molecule has 0 saturated carbocycles. The maximum Gasteiger partial charge on any atom is 0.0280 e. The van der Waals surface area contributed by atoms with Crippen LogP contribution in [-0.2, 0) is 0 Å². The summed E-state index contributed by atoms with van der Waals surface area (Å²) >= 11 is 0. The molecule has 118 valence electrons. The Morgan fingerprint density at radius 1 is 1.05 bits per heavy atom. The summed E-state index contributed by atoms with van der Waals surface area (Å²) in [5.41, 5.74) is 0.353. The second kappa shape index (κ2) is 6.76. The SMILES string of the molecule is CCN1CCN(CC2CCN(C(C)C)CC2)CC1(C)C. The quantitative estimate of drug-likeness (QED) is 0.784. The first-order valence-corrected chi connectivity index (χ1v) is 8.64. The van der Waals surface area contributed by atoms with E-state index in [0.717, 1.165) is 12.0 Å². The second-order valence-corrected chi connectivity index (χ2v) is 7.70. The molecule has 0 unspecified atom stereocenters. The van der Waals surface area contributed by atoms with Gasteiger partial charge in [0.1, 0.15) is 0 Å². The van der Waals surface area contributed by atoms with Crippen LogP contribution < -0.4 is 0 Å². The number of nitrogens with zero attached hydrogens (tertiary/aromatic N) is 3. The van der Waals surface area contributed by atoms with Gasteiger partial charge in [-0.2, -0.15) is 0 Å². The molecule has 0 spiro atoms. The predicted octanol–water partition coefficient (Wildman–Crippen LogP) is 2.52. The summed E-state index contributed by atoms with van der Waals surface area (Å²) < 4.78 is 0. The predicted molar refractivity (Wildman–Crippen MR) is 87.2 cm³/mol. The standard InChI is InChI=1S/C17H35N3/c1-6-20-12-11-18(14-17(20,4)5)13-16-7-9-19(10-8-16)15(2)3/h15-16H,6-14H2,1-5H3. The molecule has 2 aliphatic rings. The average molecular weight is 281 g/mol. The van der Waals surface area contributed by atoms with Crippen molar-refractivity contribution in [3.8, 4) is 0 Å². The van der Waals surface area contributed by atoms with Gasteiger partial charge in [0.05, 0.1) is 0 Å². The third kappa shape index (κ3) is 3.96. The summed E-state index contributed by atoms with van der Waals surface area (Å²) in [6.07, 6.45) is 2.79. The van der Waals surface area contributed by atoms with Crippen LogP contribution in [0, 0.1) is 5.92 Å². The van der Waals surface area contributed by atoms with Crippen molar-refractivity contribution in [3.63, 3.8) is 0 Å². The first kappa shape index (κ1) is 16.3. The first-order valence-electron chi connectivity index (χ1n) is 8.64. The van der Waals surface area contributed by atoms with Crippen molar-refractivity contribution in [2.75, 3.05) is 45.8 Å². The van der Waals surface area contributed by atoms with Crippen LogP contribution in [0.15, 0.2) is 0 Å². The maximum absolute atomic E-state index is 2.72. The minimum Gasteiger partial charge on any atom is -0.301 e. The summed E-state index contributed by atoms with van der Waals surface area (Å²) in [5.74, 6) is 0.925. The molecular weight excluding hydrogens is 246 g/mol. The van der Waals surface area contributed by atoms with E-state index in [1.807, 2.05) is 0 Å². The minimum atomic E-state index is 0.353. The van der Waals surface area contributed by atoms with E-state index in [-0.39, 0.29) is 0 Å². The number of rotatable bonds is 4. The third-order valence-electron chi connectivity index (χ3n) is 5.43. The topological polar surface area (TPSA) is 9.72 Å². The van der Waals surface area contributed by atoms with Gasteiger partial charge in [0.2, 0.25) is 0 Å². The number of piperazine rings is 1. The monoisotopic (exact) mass is 281 g/mol. The highest BCUT2D eigenvalue weighted by atomic mass is 15.3. The van der Waals surface area contributed by atoms with Crippen molar-refractivity contribution in [1.82, 2.24) is 14.7 Å². The average Bonchev–Trinajstić information content (AvgIpc) is 2.38. The molecule has 2 rings (SSSR count). The zero-order chi connectivity index (χ0) is 14.8. The van der Waals surface area contributed by atoms with Gasteiger partial charge in [-0.15, -0.1) is 0 Å². The van der Waals surface area contributed by atoms with Crippen molar-refractivity contribution in [3.05, 3.63) is 0 Å². The van der Waals surface area contributed by atoms with E-state index in [9.17, 15) is 0 Å². The Labute approximate surface area is 126 Å². The van der Waals surface area contributed by atoms with Crippen molar-refractivity contribution >= 4 is 0 Å². The molecule has 0 N–H and O–H groups in total. The lowest BCUT2D eigenvalue weighted by Crippen LogP contribution is -2.59. The molecule has 2 fully saturated rings. The molecule has 0 aromatic heterocycles. The van der Waals surface area contributed by atoms with Crippen LogP contribution in [-0.4, -0.2) is 72.1 Å². The number of hydrogen-bond donors (Lipinski definition) is 0. The Bertz CT molecular complexity index is 293. The third-order valence-corrected chi connectivity index (χ3v) is 5.43. The first-order chi connectivity index (χ1) is 9.42. The van der Waals surface area contributed by atoms with Crippen molar-refractivity contribution < 1.29 is 0 Å². The largest absolute Gasteiger partial charge is 0.301 e. The number of likely N-dealkylation sites (N-methyl/N-ethyl adjacent to an activating group) is 1. The normalized spacial score (nSPS) is 27.3. The van der Waals surface area contributed by atoms with Crippen LogP contribution in [0.1, 0.15) is 47.5 Å². The molecule has 2 heterocycles. The van der Waals surface area contributed by atoms with E-state index < -0.39 is 0 Å². The lowest BCUT2D eigenvalue weighted by atomic mass is 9.93. The fraction of sp³-hybridized carbons (Fsp3) is 1.00. The maximum atomic E-state index is 2.72. The van der Waals surface area contributed by atoms with Crippen LogP contribution in [0.2, 0.25) is 0 Å². The van der Waals surface area contributed by atoms with Gasteiger partial charge in [0.15, 0.2) is 0 Å². The smallest absolute Gasteiger partial charge is 0.0280 e. The molecular formula is C17H35N3. The molecule has 0 aromatic carbocycles. The van der Waals surface area contributed by atoms with Crippen LogP contribution in [0.4, 0.5) is 0 Å². The van der Waals surface area contributed by atoms with E-state index in [4.69, 9.17) is 0 Å². The minimum absolute atomic E-state index is 0.353. The van der Waals surface area contributed by atoms with E-state index in [2.05, 4.69) is 49.3 Å². The molecule has 3 nitrogen and oxygen atoms in total. The molecule has 0 amide bonds. The van der Waals surface area contributed by atoms with Crippen LogP contribution in [0.5, 0.6) is 0 Å². The fourth-order valence-electron chi connectivity index (χ4n) is 4.05. The zero-order valence-electron chi connectivity index (χ0n) is 14.4. The van der Waals surface area contributed by atoms with Crippen LogP contribution >= 0.6 is 0 Å². The van der Waals surface area contributed by atoms with Crippen LogP contribution in [0.3, 0.4) is 0 Å². The highest BCUT2D eigenvalue weighted by Crippen LogP contribution is 2.24. The molecule has 0 aliphatic carbocycles. The summed E-state index contributed by atoms with van der Waals surface area (Å²) in [6.45, 7) is 20.6. The van der Waals surface area contributed by atoms with E-state index in [0.29, 0.717) is 5.54 Å². The lowest BCUT2D eigenvalue weighted by molar-refractivity contribution is 0.0105. The van der Waals surface area contributed by atoms with Gasteiger partial charge in [-0.05, 0) is 66.1 Å². The molecule has 2 saturated heterocycles. The molecule has 0 aromatic rings. The molecule has 0 bridgehead atoms. The van der Waals surface area contributed by atoms with Crippen molar-refractivity contribution in [1.29, 1.82) is 0 Å². The van der Waals surface area contributed by atoms with Gasteiger partial charge in [-0.25, -0.2) is 0 Å².